The summed E-state index contributed by atoms with van der Waals surface area (Å²) in [5.74, 6) is -1.58. The van der Waals surface area contributed by atoms with E-state index in [1.165, 1.54) is 17.0 Å². The summed E-state index contributed by atoms with van der Waals surface area (Å²) in [6.07, 6.45) is 1.56. The van der Waals surface area contributed by atoms with E-state index in [2.05, 4.69) is 27.3 Å². The zero-order valence-electron chi connectivity index (χ0n) is 11.1. The van der Waals surface area contributed by atoms with Crippen LogP contribution in [0, 0.1) is 11.6 Å². The molecule has 2 rings (SSSR count). The summed E-state index contributed by atoms with van der Waals surface area (Å²) in [5, 5.41) is 3.40. The minimum atomic E-state index is -0.795. The summed E-state index contributed by atoms with van der Waals surface area (Å²) in [6, 6.07) is 8.45. The molecule has 0 amide bonds. The Kier molecular flexibility index (Phi) is 5.69. The van der Waals surface area contributed by atoms with Crippen molar-refractivity contribution >= 4 is 27.3 Å². The van der Waals surface area contributed by atoms with Crippen molar-refractivity contribution in [2.45, 2.75) is 25.8 Å². The predicted octanol–water partition coefficient (Wildman–Crippen LogP) is 4.55. The number of hydrogen-bond donors (Lipinski definition) is 1. The molecule has 1 heterocycles. The number of nitrogens with one attached hydrogen (secondary N) is 1. The number of hydrogen-bond acceptors (Lipinski definition) is 2. The molecule has 0 aliphatic carbocycles. The van der Waals surface area contributed by atoms with Crippen LogP contribution in [-0.4, -0.2) is 12.6 Å². The van der Waals surface area contributed by atoms with Gasteiger partial charge in [-0.2, -0.15) is 0 Å². The Morgan fingerprint density at radius 2 is 1.95 bits per heavy atom. The zero-order valence-corrected chi connectivity index (χ0v) is 13.5. The molecular formula is C15H16BrF2NS. The van der Waals surface area contributed by atoms with Crippen molar-refractivity contribution in [1.82, 2.24) is 5.32 Å². The van der Waals surface area contributed by atoms with Crippen molar-refractivity contribution in [2.75, 3.05) is 6.54 Å². The van der Waals surface area contributed by atoms with Gasteiger partial charge in [-0.1, -0.05) is 13.0 Å². The molecule has 0 radical (unpaired) electrons. The summed E-state index contributed by atoms with van der Waals surface area (Å²) in [5.41, 5.74) is 0.811. The van der Waals surface area contributed by atoms with Gasteiger partial charge in [-0.05, 0) is 65.1 Å². The van der Waals surface area contributed by atoms with Gasteiger partial charge in [0.15, 0.2) is 11.6 Å². The van der Waals surface area contributed by atoms with Crippen molar-refractivity contribution < 1.29 is 8.78 Å². The van der Waals surface area contributed by atoms with Crippen LogP contribution in [0.2, 0.25) is 0 Å². The van der Waals surface area contributed by atoms with E-state index in [4.69, 9.17) is 0 Å². The van der Waals surface area contributed by atoms with Gasteiger partial charge in [0, 0.05) is 10.9 Å². The Balaban J connectivity index is 2.06. The molecule has 0 saturated heterocycles. The maximum Gasteiger partial charge on any atom is 0.159 e. The first-order valence-corrected chi connectivity index (χ1v) is 8.11. The summed E-state index contributed by atoms with van der Waals surface area (Å²) in [7, 11) is 0. The first-order chi connectivity index (χ1) is 9.58. The molecule has 1 atom stereocenters. The van der Waals surface area contributed by atoms with Crippen molar-refractivity contribution in [2.24, 2.45) is 0 Å². The van der Waals surface area contributed by atoms with Crippen molar-refractivity contribution in [3.8, 4) is 0 Å². The van der Waals surface area contributed by atoms with Crippen molar-refractivity contribution in [3.63, 3.8) is 0 Å². The van der Waals surface area contributed by atoms with Gasteiger partial charge in [-0.3, -0.25) is 0 Å². The van der Waals surface area contributed by atoms with Gasteiger partial charge < -0.3 is 5.32 Å². The molecule has 0 spiro atoms. The second-order valence-electron chi connectivity index (χ2n) is 4.62. The van der Waals surface area contributed by atoms with E-state index in [9.17, 15) is 8.78 Å². The molecule has 20 heavy (non-hydrogen) atoms. The van der Waals surface area contributed by atoms with E-state index in [0.29, 0.717) is 6.42 Å². The molecule has 1 nitrogen and oxygen atoms in total. The molecule has 0 aliphatic rings. The van der Waals surface area contributed by atoms with Crippen LogP contribution in [-0.2, 0) is 12.8 Å². The Labute approximate surface area is 130 Å². The van der Waals surface area contributed by atoms with Gasteiger partial charge in [0.2, 0.25) is 0 Å². The molecule has 5 heteroatoms. The lowest BCUT2D eigenvalue weighted by atomic mass is 10.0. The Morgan fingerprint density at radius 1 is 1.15 bits per heavy atom. The van der Waals surface area contributed by atoms with E-state index in [-0.39, 0.29) is 6.04 Å². The van der Waals surface area contributed by atoms with Crippen LogP contribution in [0.3, 0.4) is 0 Å². The minimum Gasteiger partial charge on any atom is -0.314 e. The minimum absolute atomic E-state index is 0.218. The predicted molar refractivity (Wildman–Crippen MR) is 83.2 cm³/mol. The van der Waals surface area contributed by atoms with E-state index >= 15 is 0 Å². The maximum atomic E-state index is 13.2. The van der Waals surface area contributed by atoms with Crippen LogP contribution < -0.4 is 5.32 Å². The fourth-order valence-electron chi connectivity index (χ4n) is 2.16. The number of rotatable bonds is 6. The van der Waals surface area contributed by atoms with Gasteiger partial charge in [0.05, 0.1) is 3.79 Å². The molecule has 0 saturated carbocycles. The molecule has 2 aromatic rings. The highest BCUT2D eigenvalue weighted by Crippen LogP contribution is 2.24. The first-order valence-electron chi connectivity index (χ1n) is 6.50. The highest BCUT2D eigenvalue weighted by Gasteiger charge is 2.12. The van der Waals surface area contributed by atoms with Gasteiger partial charge in [0.25, 0.3) is 0 Å². The Morgan fingerprint density at radius 3 is 2.55 bits per heavy atom. The highest BCUT2D eigenvalue weighted by atomic mass is 79.9. The maximum absolute atomic E-state index is 13.2. The van der Waals surface area contributed by atoms with Crippen LogP contribution in [0.25, 0.3) is 0 Å². The third kappa shape index (κ3) is 4.36. The number of thiophene rings is 1. The summed E-state index contributed by atoms with van der Waals surface area (Å²) < 4.78 is 27.3. The molecular weight excluding hydrogens is 344 g/mol. The molecule has 1 unspecified atom stereocenters. The number of halogens is 3. The highest BCUT2D eigenvalue weighted by molar-refractivity contribution is 9.11. The average molecular weight is 360 g/mol. The van der Waals surface area contributed by atoms with Gasteiger partial charge in [-0.25, -0.2) is 8.78 Å². The second kappa shape index (κ2) is 7.29. The standard InChI is InChI=1S/C15H16BrF2NS/c1-2-19-11(9-12-4-6-15(16)20-12)7-10-3-5-13(17)14(18)8-10/h3-6,8,11,19H,2,7,9H2,1H3. The molecule has 1 N–H and O–H groups in total. The Hall–Kier alpha value is -0.780. The molecule has 1 aromatic carbocycles. The molecule has 0 bridgehead atoms. The summed E-state index contributed by atoms with van der Waals surface area (Å²) in [4.78, 5) is 1.27. The fourth-order valence-corrected chi connectivity index (χ4v) is 3.72. The lowest BCUT2D eigenvalue weighted by Gasteiger charge is -2.17. The molecule has 0 fully saturated rings. The van der Waals surface area contributed by atoms with Crippen LogP contribution in [0.5, 0.6) is 0 Å². The van der Waals surface area contributed by atoms with E-state index in [1.807, 2.05) is 13.0 Å². The molecule has 1 aromatic heterocycles. The van der Waals surface area contributed by atoms with Crippen LogP contribution in [0.4, 0.5) is 8.78 Å². The zero-order chi connectivity index (χ0) is 14.5. The third-order valence-corrected chi connectivity index (χ3v) is 4.68. The fraction of sp³-hybridized carbons (Fsp3) is 0.333. The van der Waals surface area contributed by atoms with Crippen molar-refractivity contribution in [1.29, 1.82) is 0 Å². The number of likely N-dealkylation sites (N-methyl/N-ethyl adjacent to an activating group) is 1. The largest absolute Gasteiger partial charge is 0.314 e. The Bertz CT molecular complexity index is 571. The summed E-state index contributed by atoms with van der Waals surface area (Å²) in [6.45, 7) is 2.89. The van der Waals surface area contributed by atoms with Gasteiger partial charge >= 0.3 is 0 Å². The average Bonchev–Trinajstić information content (AvgIpc) is 2.80. The SMILES string of the molecule is CCNC(Cc1ccc(F)c(F)c1)Cc1ccc(Br)s1. The third-order valence-electron chi connectivity index (χ3n) is 3.04. The molecule has 0 aliphatic heterocycles. The van der Waals surface area contributed by atoms with Gasteiger partial charge in [0.1, 0.15) is 0 Å². The second-order valence-corrected chi connectivity index (χ2v) is 7.16. The normalized spacial score (nSPS) is 12.6. The van der Waals surface area contributed by atoms with E-state index < -0.39 is 11.6 Å². The van der Waals surface area contributed by atoms with Crippen LogP contribution in [0.15, 0.2) is 34.1 Å². The molecule has 108 valence electrons. The quantitative estimate of drug-likeness (QED) is 0.797. The lowest BCUT2D eigenvalue weighted by Crippen LogP contribution is -2.32. The van der Waals surface area contributed by atoms with Crippen LogP contribution in [0.1, 0.15) is 17.4 Å². The van der Waals surface area contributed by atoms with E-state index in [0.717, 1.165) is 22.3 Å². The van der Waals surface area contributed by atoms with Gasteiger partial charge in [-0.15, -0.1) is 11.3 Å². The monoisotopic (exact) mass is 359 g/mol. The number of benzene rings is 1. The first kappa shape index (κ1) is 15.6. The van der Waals surface area contributed by atoms with Crippen LogP contribution >= 0.6 is 27.3 Å². The topological polar surface area (TPSA) is 12.0 Å². The van der Waals surface area contributed by atoms with Crippen molar-refractivity contribution in [3.05, 3.63) is 56.2 Å². The summed E-state index contributed by atoms with van der Waals surface area (Å²) >= 11 is 5.15. The van der Waals surface area contributed by atoms with E-state index in [1.54, 1.807) is 17.4 Å². The lowest BCUT2D eigenvalue weighted by molar-refractivity contribution is 0.498. The smallest absolute Gasteiger partial charge is 0.159 e.